The standard InChI is InChI=1S/C13H19NOS/c1-13(8-10-3-6-15-9-10)12-11(2-5-14-13)4-7-16-12/h4,7,10,14H,2-3,5-6,8-9H2,1H3. The Balaban J connectivity index is 1.82. The maximum atomic E-state index is 5.49. The molecule has 0 radical (unpaired) electrons. The van der Waals surface area contributed by atoms with Crippen molar-refractivity contribution in [3.8, 4) is 0 Å². The van der Waals surface area contributed by atoms with Gasteiger partial charge in [-0.1, -0.05) is 0 Å². The highest BCUT2D eigenvalue weighted by Gasteiger charge is 2.35. The van der Waals surface area contributed by atoms with E-state index < -0.39 is 0 Å². The first kappa shape index (κ1) is 10.8. The van der Waals surface area contributed by atoms with Gasteiger partial charge in [-0.2, -0.15) is 0 Å². The molecule has 3 heterocycles. The van der Waals surface area contributed by atoms with Crippen LogP contribution in [-0.4, -0.2) is 19.8 Å². The number of thiophene rings is 1. The largest absolute Gasteiger partial charge is 0.381 e. The van der Waals surface area contributed by atoms with Crippen molar-refractivity contribution in [2.45, 2.75) is 31.7 Å². The molecule has 1 aromatic heterocycles. The second kappa shape index (κ2) is 4.13. The predicted molar refractivity (Wildman–Crippen MR) is 66.9 cm³/mol. The zero-order valence-corrected chi connectivity index (χ0v) is 10.6. The van der Waals surface area contributed by atoms with Crippen molar-refractivity contribution in [2.24, 2.45) is 5.92 Å². The molecule has 0 aromatic carbocycles. The van der Waals surface area contributed by atoms with E-state index in [2.05, 4.69) is 23.7 Å². The molecule has 2 aliphatic rings. The van der Waals surface area contributed by atoms with Crippen LogP contribution in [0.25, 0.3) is 0 Å². The van der Waals surface area contributed by atoms with Crippen LogP contribution in [0.5, 0.6) is 0 Å². The quantitative estimate of drug-likeness (QED) is 0.853. The molecule has 1 fully saturated rings. The minimum atomic E-state index is 0.195. The van der Waals surface area contributed by atoms with Crippen molar-refractivity contribution >= 4 is 11.3 Å². The summed E-state index contributed by atoms with van der Waals surface area (Å²) in [5.41, 5.74) is 1.75. The molecule has 0 saturated carbocycles. The van der Waals surface area contributed by atoms with Gasteiger partial charge in [-0.3, -0.25) is 0 Å². The number of hydrogen-bond donors (Lipinski definition) is 1. The highest BCUT2D eigenvalue weighted by atomic mass is 32.1. The number of ether oxygens (including phenoxy) is 1. The third kappa shape index (κ3) is 1.81. The van der Waals surface area contributed by atoms with Gasteiger partial charge in [-0.15, -0.1) is 11.3 Å². The lowest BCUT2D eigenvalue weighted by atomic mass is 9.83. The normalized spacial score (nSPS) is 33.9. The van der Waals surface area contributed by atoms with E-state index in [1.807, 2.05) is 11.3 Å². The van der Waals surface area contributed by atoms with Gasteiger partial charge in [0.25, 0.3) is 0 Å². The molecule has 0 amide bonds. The van der Waals surface area contributed by atoms with Crippen molar-refractivity contribution < 1.29 is 4.74 Å². The summed E-state index contributed by atoms with van der Waals surface area (Å²) < 4.78 is 5.49. The Bertz CT molecular complexity index is 370. The van der Waals surface area contributed by atoms with E-state index in [1.54, 1.807) is 10.4 Å². The monoisotopic (exact) mass is 237 g/mol. The smallest absolute Gasteiger partial charge is 0.0506 e. The van der Waals surface area contributed by atoms with Crippen molar-refractivity contribution in [1.29, 1.82) is 0 Å². The average Bonchev–Trinajstić information content (AvgIpc) is 2.88. The lowest BCUT2D eigenvalue weighted by Gasteiger charge is -2.36. The van der Waals surface area contributed by atoms with E-state index >= 15 is 0 Å². The molecule has 1 aromatic rings. The molecule has 2 unspecified atom stereocenters. The van der Waals surface area contributed by atoms with E-state index in [9.17, 15) is 0 Å². The van der Waals surface area contributed by atoms with Crippen LogP contribution in [0, 0.1) is 5.92 Å². The summed E-state index contributed by atoms with van der Waals surface area (Å²) in [6.45, 7) is 5.39. The van der Waals surface area contributed by atoms with Gasteiger partial charge in [-0.25, -0.2) is 0 Å². The number of fused-ring (bicyclic) bond motifs is 1. The predicted octanol–water partition coefficient (Wildman–Crippen LogP) is 2.54. The van der Waals surface area contributed by atoms with Gasteiger partial charge in [0.2, 0.25) is 0 Å². The molecule has 88 valence electrons. The molecule has 2 aliphatic heterocycles. The second-order valence-electron chi connectivity index (χ2n) is 5.22. The molecule has 2 atom stereocenters. The zero-order chi connectivity index (χ0) is 11.0. The van der Waals surface area contributed by atoms with Crippen molar-refractivity contribution in [3.63, 3.8) is 0 Å². The number of hydrogen-bond acceptors (Lipinski definition) is 3. The van der Waals surface area contributed by atoms with E-state index in [1.165, 1.54) is 19.3 Å². The molecule has 0 spiro atoms. The van der Waals surface area contributed by atoms with E-state index in [-0.39, 0.29) is 5.54 Å². The van der Waals surface area contributed by atoms with Gasteiger partial charge >= 0.3 is 0 Å². The first-order valence-corrected chi connectivity index (χ1v) is 7.05. The maximum Gasteiger partial charge on any atom is 0.0506 e. The van der Waals surface area contributed by atoms with Crippen molar-refractivity contribution in [3.05, 3.63) is 21.9 Å². The van der Waals surface area contributed by atoms with Gasteiger partial charge < -0.3 is 10.1 Å². The molecular formula is C13H19NOS. The summed E-state index contributed by atoms with van der Waals surface area (Å²) >= 11 is 1.91. The zero-order valence-electron chi connectivity index (χ0n) is 9.79. The Morgan fingerprint density at radius 3 is 3.38 bits per heavy atom. The fraction of sp³-hybridized carbons (Fsp3) is 0.692. The van der Waals surface area contributed by atoms with Crippen LogP contribution in [0.1, 0.15) is 30.2 Å². The lowest BCUT2D eigenvalue weighted by molar-refractivity contribution is 0.172. The summed E-state index contributed by atoms with van der Waals surface area (Å²) in [6, 6.07) is 2.30. The molecule has 3 heteroatoms. The third-order valence-electron chi connectivity index (χ3n) is 3.88. The van der Waals surface area contributed by atoms with Crippen LogP contribution in [0.15, 0.2) is 11.4 Å². The first-order valence-electron chi connectivity index (χ1n) is 6.17. The summed E-state index contributed by atoms with van der Waals surface area (Å²) in [4.78, 5) is 1.56. The fourth-order valence-corrected chi connectivity index (χ4v) is 4.16. The first-order chi connectivity index (χ1) is 7.78. The Labute approximate surface area is 101 Å². The highest BCUT2D eigenvalue weighted by molar-refractivity contribution is 7.10. The van der Waals surface area contributed by atoms with Gasteiger partial charge in [0, 0.05) is 24.6 Å². The molecule has 0 aliphatic carbocycles. The molecule has 1 saturated heterocycles. The minimum absolute atomic E-state index is 0.195. The fourth-order valence-electron chi connectivity index (χ4n) is 3.06. The lowest BCUT2D eigenvalue weighted by Crippen LogP contribution is -2.45. The van der Waals surface area contributed by atoms with E-state index in [4.69, 9.17) is 4.74 Å². The van der Waals surface area contributed by atoms with Crippen LogP contribution < -0.4 is 5.32 Å². The molecular weight excluding hydrogens is 218 g/mol. The molecule has 0 bridgehead atoms. The maximum absolute atomic E-state index is 5.49. The van der Waals surface area contributed by atoms with Crippen molar-refractivity contribution in [2.75, 3.05) is 19.8 Å². The van der Waals surface area contributed by atoms with Gasteiger partial charge in [0.15, 0.2) is 0 Å². The summed E-state index contributed by atoms with van der Waals surface area (Å²) in [6.07, 6.45) is 3.65. The van der Waals surface area contributed by atoms with Gasteiger partial charge in [0.1, 0.15) is 0 Å². The van der Waals surface area contributed by atoms with E-state index in [0.717, 1.165) is 25.7 Å². The Morgan fingerprint density at radius 1 is 1.62 bits per heavy atom. The van der Waals surface area contributed by atoms with Crippen LogP contribution in [0.2, 0.25) is 0 Å². The van der Waals surface area contributed by atoms with Gasteiger partial charge in [-0.05, 0) is 49.1 Å². The SMILES string of the molecule is CC1(CC2CCOC2)NCCc2ccsc21. The number of nitrogens with one attached hydrogen (secondary N) is 1. The second-order valence-corrected chi connectivity index (χ2v) is 6.13. The Morgan fingerprint density at radius 2 is 2.56 bits per heavy atom. The third-order valence-corrected chi connectivity index (χ3v) is 5.10. The van der Waals surface area contributed by atoms with Crippen LogP contribution >= 0.6 is 11.3 Å². The van der Waals surface area contributed by atoms with E-state index in [0.29, 0.717) is 0 Å². The van der Waals surface area contributed by atoms with Crippen LogP contribution in [0.3, 0.4) is 0 Å². The Hall–Kier alpha value is -0.380. The summed E-state index contributed by atoms with van der Waals surface area (Å²) in [7, 11) is 0. The molecule has 2 nitrogen and oxygen atoms in total. The van der Waals surface area contributed by atoms with Crippen LogP contribution in [-0.2, 0) is 16.7 Å². The topological polar surface area (TPSA) is 21.3 Å². The van der Waals surface area contributed by atoms with Crippen molar-refractivity contribution in [1.82, 2.24) is 5.32 Å². The molecule has 1 N–H and O–H groups in total. The molecule has 3 rings (SSSR count). The van der Waals surface area contributed by atoms with Crippen LogP contribution in [0.4, 0.5) is 0 Å². The summed E-state index contributed by atoms with van der Waals surface area (Å²) in [5.74, 6) is 0.741. The highest BCUT2D eigenvalue weighted by Crippen LogP contribution is 2.38. The average molecular weight is 237 g/mol. The Kier molecular flexibility index (Phi) is 2.78. The summed E-state index contributed by atoms with van der Waals surface area (Å²) in [5, 5.41) is 5.96. The van der Waals surface area contributed by atoms with Gasteiger partial charge in [0.05, 0.1) is 5.54 Å². The number of rotatable bonds is 2. The molecule has 16 heavy (non-hydrogen) atoms. The minimum Gasteiger partial charge on any atom is -0.381 e.